The number of hydrogen-bond donors (Lipinski definition) is 3. The highest BCUT2D eigenvalue weighted by molar-refractivity contribution is 5.89. The Balaban J connectivity index is 1.81. The van der Waals surface area contributed by atoms with Gasteiger partial charge in [-0.1, -0.05) is 26.0 Å². The number of aliphatic hydroxyl groups excluding tert-OH is 1. The van der Waals surface area contributed by atoms with Gasteiger partial charge in [0.2, 0.25) is 0 Å². The first-order chi connectivity index (χ1) is 11.1. The van der Waals surface area contributed by atoms with Crippen molar-refractivity contribution in [3.8, 4) is 0 Å². The molecular weight excluding hydrogens is 292 g/mol. The summed E-state index contributed by atoms with van der Waals surface area (Å²) in [6.07, 6.45) is 3.12. The minimum absolute atomic E-state index is 0.0370. The van der Waals surface area contributed by atoms with E-state index in [0.717, 1.165) is 23.8 Å². The van der Waals surface area contributed by atoms with E-state index in [2.05, 4.69) is 10.6 Å². The molecular formula is C18H28N2O3. The average Bonchev–Trinajstić information content (AvgIpc) is 3.31. The first kappa shape index (κ1) is 17.8. The second-order valence-corrected chi connectivity index (χ2v) is 6.62. The maximum Gasteiger partial charge on any atom is 0.319 e. The van der Waals surface area contributed by atoms with Gasteiger partial charge >= 0.3 is 6.03 Å². The van der Waals surface area contributed by atoms with Crippen LogP contribution in [0.5, 0.6) is 0 Å². The van der Waals surface area contributed by atoms with Gasteiger partial charge in [-0.25, -0.2) is 4.79 Å². The van der Waals surface area contributed by atoms with Crippen molar-refractivity contribution in [2.45, 2.75) is 45.8 Å². The summed E-state index contributed by atoms with van der Waals surface area (Å²) in [6.45, 7) is 5.52. The van der Waals surface area contributed by atoms with Crippen LogP contribution < -0.4 is 10.6 Å². The van der Waals surface area contributed by atoms with E-state index in [4.69, 9.17) is 9.84 Å². The normalized spacial score (nSPS) is 15.5. The molecule has 1 aliphatic carbocycles. The van der Waals surface area contributed by atoms with Gasteiger partial charge in [-0.2, -0.15) is 0 Å². The Hall–Kier alpha value is -1.59. The van der Waals surface area contributed by atoms with E-state index in [0.29, 0.717) is 13.0 Å². The van der Waals surface area contributed by atoms with Crippen LogP contribution in [0.25, 0.3) is 0 Å². The lowest BCUT2D eigenvalue weighted by Gasteiger charge is -2.21. The quantitative estimate of drug-likeness (QED) is 0.654. The molecule has 5 nitrogen and oxygen atoms in total. The van der Waals surface area contributed by atoms with Crippen molar-refractivity contribution in [1.82, 2.24) is 5.32 Å². The van der Waals surface area contributed by atoms with E-state index < -0.39 is 0 Å². The van der Waals surface area contributed by atoms with Crippen LogP contribution in [-0.4, -0.2) is 30.4 Å². The number of carbonyl (C=O) groups is 1. The highest BCUT2D eigenvalue weighted by Crippen LogP contribution is 2.29. The molecule has 0 spiro atoms. The van der Waals surface area contributed by atoms with E-state index in [1.807, 2.05) is 38.1 Å². The second-order valence-electron chi connectivity index (χ2n) is 6.62. The number of anilines is 1. The highest BCUT2D eigenvalue weighted by atomic mass is 16.5. The zero-order valence-electron chi connectivity index (χ0n) is 14.0. The van der Waals surface area contributed by atoms with E-state index in [-0.39, 0.29) is 24.6 Å². The predicted octanol–water partition coefficient (Wildman–Crippen LogP) is 3.14. The summed E-state index contributed by atoms with van der Waals surface area (Å²) in [6, 6.07) is 7.43. The lowest BCUT2D eigenvalue weighted by molar-refractivity contribution is 0.111. The number of ether oxygens (including phenoxy) is 1. The SMILES string of the molecule is CC(C)C(CCO)NC(=O)Nc1cccc(COCC2CC2)c1. The van der Waals surface area contributed by atoms with Crippen molar-refractivity contribution in [1.29, 1.82) is 0 Å². The third kappa shape index (κ3) is 6.59. The molecule has 3 N–H and O–H groups in total. The minimum Gasteiger partial charge on any atom is -0.396 e. The Bertz CT molecular complexity index is 501. The molecule has 1 aromatic carbocycles. The van der Waals surface area contributed by atoms with Crippen molar-refractivity contribution in [2.24, 2.45) is 11.8 Å². The number of urea groups is 1. The van der Waals surface area contributed by atoms with Gasteiger partial charge in [-0.3, -0.25) is 0 Å². The van der Waals surface area contributed by atoms with Crippen molar-refractivity contribution < 1.29 is 14.6 Å². The third-order valence-electron chi connectivity index (χ3n) is 4.07. The topological polar surface area (TPSA) is 70.6 Å². The second kappa shape index (κ2) is 8.89. The summed E-state index contributed by atoms with van der Waals surface area (Å²) in [5, 5.41) is 14.8. The summed E-state index contributed by atoms with van der Waals surface area (Å²) >= 11 is 0. The summed E-state index contributed by atoms with van der Waals surface area (Å²) in [7, 11) is 0. The molecule has 1 atom stereocenters. The van der Waals surface area contributed by atoms with Crippen LogP contribution in [0.2, 0.25) is 0 Å². The fourth-order valence-corrected chi connectivity index (χ4v) is 2.41. The van der Waals surface area contributed by atoms with Crippen LogP contribution in [0.15, 0.2) is 24.3 Å². The van der Waals surface area contributed by atoms with Gasteiger partial charge in [0.15, 0.2) is 0 Å². The van der Waals surface area contributed by atoms with Gasteiger partial charge in [-0.05, 0) is 48.8 Å². The smallest absolute Gasteiger partial charge is 0.319 e. The molecule has 1 unspecified atom stereocenters. The molecule has 5 heteroatoms. The monoisotopic (exact) mass is 320 g/mol. The number of carbonyl (C=O) groups excluding carboxylic acids is 1. The van der Waals surface area contributed by atoms with Crippen LogP contribution in [0.3, 0.4) is 0 Å². The number of rotatable bonds is 9. The summed E-state index contributed by atoms with van der Waals surface area (Å²) in [4.78, 5) is 12.1. The Labute approximate surface area is 138 Å². The first-order valence-electron chi connectivity index (χ1n) is 8.43. The average molecular weight is 320 g/mol. The lowest BCUT2D eigenvalue weighted by Crippen LogP contribution is -2.41. The van der Waals surface area contributed by atoms with Crippen molar-refractivity contribution >= 4 is 11.7 Å². The maximum atomic E-state index is 12.1. The Morgan fingerprint density at radius 1 is 1.39 bits per heavy atom. The van der Waals surface area contributed by atoms with Gasteiger partial charge in [0.1, 0.15) is 0 Å². The molecule has 0 saturated heterocycles. The van der Waals surface area contributed by atoms with Gasteiger partial charge in [-0.15, -0.1) is 0 Å². The number of nitrogens with one attached hydrogen (secondary N) is 2. The fourth-order valence-electron chi connectivity index (χ4n) is 2.41. The molecule has 23 heavy (non-hydrogen) atoms. The van der Waals surface area contributed by atoms with Gasteiger partial charge < -0.3 is 20.5 Å². The van der Waals surface area contributed by atoms with E-state index in [1.54, 1.807) is 0 Å². The minimum atomic E-state index is -0.242. The van der Waals surface area contributed by atoms with Crippen LogP contribution in [-0.2, 0) is 11.3 Å². The molecule has 0 aromatic heterocycles. The zero-order valence-corrected chi connectivity index (χ0v) is 14.0. The maximum absolute atomic E-state index is 12.1. The van der Waals surface area contributed by atoms with E-state index >= 15 is 0 Å². The first-order valence-corrected chi connectivity index (χ1v) is 8.43. The van der Waals surface area contributed by atoms with E-state index in [1.165, 1.54) is 12.8 Å². The summed E-state index contributed by atoms with van der Waals surface area (Å²) in [5.74, 6) is 1.02. The van der Waals surface area contributed by atoms with Crippen molar-refractivity contribution in [3.05, 3.63) is 29.8 Å². The largest absolute Gasteiger partial charge is 0.396 e. The summed E-state index contributed by atoms with van der Waals surface area (Å²) < 4.78 is 5.68. The molecule has 0 bridgehead atoms. The van der Waals surface area contributed by atoms with Crippen molar-refractivity contribution in [3.63, 3.8) is 0 Å². The highest BCUT2D eigenvalue weighted by Gasteiger charge is 2.21. The van der Waals surface area contributed by atoms with Crippen LogP contribution in [0.4, 0.5) is 10.5 Å². The molecule has 1 aliphatic rings. The Kier molecular flexibility index (Phi) is 6.86. The number of benzene rings is 1. The van der Waals surface area contributed by atoms with Crippen LogP contribution in [0, 0.1) is 11.8 Å². The molecule has 0 aliphatic heterocycles. The molecule has 1 fully saturated rings. The molecule has 128 valence electrons. The standard InChI is InChI=1S/C18H28N2O3/c1-13(2)17(8-9-21)20-18(22)19-16-5-3-4-15(10-16)12-23-11-14-6-7-14/h3-5,10,13-14,17,21H,6-9,11-12H2,1-2H3,(H2,19,20,22). The van der Waals surface area contributed by atoms with Gasteiger partial charge in [0.05, 0.1) is 6.61 Å². The Morgan fingerprint density at radius 3 is 2.83 bits per heavy atom. The van der Waals surface area contributed by atoms with Crippen LogP contribution in [0.1, 0.15) is 38.7 Å². The fraction of sp³-hybridized carbons (Fsp3) is 0.611. The van der Waals surface area contributed by atoms with Gasteiger partial charge in [0, 0.05) is 24.9 Å². The molecule has 0 heterocycles. The Morgan fingerprint density at radius 2 is 2.17 bits per heavy atom. The van der Waals surface area contributed by atoms with E-state index in [9.17, 15) is 4.79 Å². The summed E-state index contributed by atoms with van der Waals surface area (Å²) in [5.41, 5.74) is 1.81. The predicted molar refractivity (Wildman–Crippen MR) is 91.3 cm³/mol. The van der Waals surface area contributed by atoms with Gasteiger partial charge in [0.25, 0.3) is 0 Å². The third-order valence-corrected chi connectivity index (χ3v) is 4.07. The number of hydrogen-bond acceptors (Lipinski definition) is 3. The van der Waals surface area contributed by atoms with Crippen molar-refractivity contribution in [2.75, 3.05) is 18.5 Å². The molecule has 1 saturated carbocycles. The molecule has 2 rings (SSSR count). The number of amides is 2. The number of aliphatic hydroxyl groups is 1. The lowest BCUT2D eigenvalue weighted by atomic mass is 10.0. The molecule has 2 amide bonds. The van der Waals surface area contributed by atoms with Crippen LogP contribution >= 0.6 is 0 Å². The zero-order chi connectivity index (χ0) is 16.7. The molecule has 0 radical (unpaired) electrons. The molecule has 1 aromatic rings.